The second-order valence-corrected chi connectivity index (χ2v) is 8.56. The average molecular weight is 304 g/mol. The second kappa shape index (κ2) is 4.67. The summed E-state index contributed by atoms with van der Waals surface area (Å²) in [6.07, 6.45) is 8.12. The van der Waals surface area contributed by atoms with Crippen molar-refractivity contribution in [2.24, 2.45) is 22.7 Å². The molecule has 2 saturated carbocycles. The van der Waals surface area contributed by atoms with Crippen molar-refractivity contribution >= 4 is 5.78 Å². The lowest BCUT2D eigenvalue weighted by molar-refractivity contribution is -0.225. The molecule has 4 rings (SSSR count). The lowest BCUT2D eigenvalue weighted by atomic mass is 9.51. The predicted octanol–water partition coefficient (Wildman–Crippen LogP) is 3.87. The Labute approximate surface area is 133 Å². The summed E-state index contributed by atoms with van der Waals surface area (Å²) in [5, 5.41) is 0. The number of ether oxygens (including phenoxy) is 2. The Morgan fingerprint density at radius 3 is 2.64 bits per heavy atom. The number of allylic oxidation sites excluding steroid dienone is 2. The number of fused-ring (bicyclic) bond motifs is 4. The number of rotatable bonds is 0. The molecule has 0 aromatic rings. The maximum Gasteiger partial charge on any atom is 0.172 e. The van der Waals surface area contributed by atoms with Crippen LogP contribution in [-0.2, 0) is 14.3 Å². The second-order valence-electron chi connectivity index (χ2n) is 8.56. The van der Waals surface area contributed by atoms with E-state index in [1.165, 1.54) is 5.57 Å². The van der Waals surface area contributed by atoms with Crippen LogP contribution in [-0.4, -0.2) is 24.8 Å². The quantitative estimate of drug-likeness (QED) is 0.637. The van der Waals surface area contributed by atoms with Gasteiger partial charge in [-0.05, 0) is 43.9 Å². The van der Waals surface area contributed by atoms with E-state index in [4.69, 9.17) is 9.47 Å². The lowest BCUT2D eigenvalue weighted by Gasteiger charge is -2.53. The minimum Gasteiger partial charge on any atom is -0.347 e. The van der Waals surface area contributed by atoms with Gasteiger partial charge in [0.25, 0.3) is 0 Å². The fourth-order valence-corrected chi connectivity index (χ4v) is 5.85. The summed E-state index contributed by atoms with van der Waals surface area (Å²) in [5.41, 5.74) is 1.27. The van der Waals surface area contributed by atoms with Crippen molar-refractivity contribution in [3.05, 3.63) is 11.6 Å². The summed E-state index contributed by atoms with van der Waals surface area (Å²) in [4.78, 5) is 13.0. The largest absolute Gasteiger partial charge is 0.347 e. The topological polar surface area (TPSA) is 35.5 Å². The Balaban J connectivity index is 1.79. The van der Waals surface area contributed by atoms with Crippen molar-refractivity contribution in [1.82, 2.24) is 0 Å². The van der Waals surface area contributed by atoms with Gasteiger partial charge in [-0.1, -0.05) is 25.5 Å². The summed E-state index contributed by atoms with van der Waals surface area (Å²) < 4.78 is 12.4. The molecule has 3 fully saturated rings. The number of carbonyl (C=O) groups excluding carboxylic acids is 1. The maximum atomic E-state index is 13.0. The van der Waals surface area contributed by atoms with Crippen LogP contribution in [0.5, 0.6) is 0 Å². The highest BCUT2D eigenvalue weighted by Gasteiger charge is 2.67. The van der Waals surface area contributed by atoms with Gasteiger partial charge >= 0.3 is 0 Å². The molecular formula is C19H28O3. The molecule has 122 valence electrons. The van der Waals surface area contributed by atoms with Crippen molar-refractivity contribution in [2.45, 2.75) is 65.1 Å². The van der Waals surface area contributed by atoms with Crippen LogP contribution in [0.1, 0.15) is 59.3 Å². The first-order valence-electron chi connectivity index (χ1n) is 8.87. The Bertz CT molecular complexity index is 531. The summed E-state index contributed by atoms with van der Waals surface area (Å²) in [5.74, 6) is 0.814. The molecule has 22 heavy (non-hydrogen) atoms. The van der Waals surface area contributed by atoms with Gasteiger partial charge in [0.15, 0.2) is 5.79 Å². The van der Waals surface area contributed by atoms with Gasteiger partial charge in [-0.2, -0.15) is 0 Å². The van der Waals surface area contributed by atoms with Crippen LogP contribution in [0.3, 0.4) is 0 Å². The number of ketones is 1. The van der Waals surface area contributed by atoms with Crippen molar-refractivity contribution < 1.29 is 14.3 Å². The standard InChI is InChI=1S/C19H28O3/c1-13-4-5-14-16-17(2,8-9-19(16)21-10-11-22-19)12-15(20)18(14,3)7-6-13/h6,14,16H,4-5,7-12H2,1-3H3/t14-,16-,17+,18+/m1/s1. The highest BCUT2D eigenvalue weighted by molar-refractivity contribution is 5.87. The molecule has 0 bridgehead atoms. The Kier molecular flexibility index (Phi) is 3.16. The van der Waals surface area contributed by atoms with E-state index in [2.05, 4.69) is 26.8 Å². The van der Waals surface area contributed by atoms with Crippen LogP contribution in [0.2, 0.25) is 0 Å². The molecule has 0 unspecified atom stereocenters. The van der Waals surface area contributed by atoms with Crippen molar-refractivity contribution in [3.63, 3.8) is 0 Å². The summed E-state index contributed by atoms with van der Waals surface area (Å²) in [6, 6.07) is 0. The van der Waals surface area contributed by atoms with Gasteiger partial charge in [0.05, 0.1) is 13.2 Å². The van der Waals surface area contributed by atoms with E-state index < -0.39 is 5.79 Å². The van der Waals surface area contributed by atoms with Crippen LogP contribution >= 0.6 is 0 Å². The van der Waals surface area contributed by atoms with Crippen LogP contribution in [0.25, 0.3) is 0 Å². The van der Waals surface area contributed by atoms with Crippen molar-refractivity contribution in [2.75, 3.05) is 13.2 Å². The third-order valence-electron chi connectivity index (χ3n) is 7.19. The van der Waals surface area contributed by atoms with Crippen LogP contribution in [0.4, 0.5) is 0 Å². The van der Waals surface area contributed by atoms with Gasteiger partial charge in [0, 0.05) is 24.2 Å². The summed E-state index contributed by atoms with van der Waals surface area (Å²) >= 11 is 0. The normalized spacial score (nSPS) is 47.0. The molecule has 0 aromatic heterocycles. The van der Waals surface area contributed by atoms with Crippen LogP contribution < -0.4 is 0 Å². The van der Waals surface area contributed by atoms with Gasteiger partial charge in [0.1, 0.15) is 5.78 Å². The fraction of sp³-hybridized carbons (Fsp3) is 0.842. The molecule has 0 amide bonds. The maximum absolute atomic E-state index is 13.0. The van der Waals surface area contributed by atoms with E-state index in [0.717, 1.165) is 32.1 Å². The summed E-state index contributed by atoms with van der Waals surface area (Å²) in [7, 11) is 0. The Morgan fingerprint density at radius 2 is 1.91 bits per heavy atom. The van der Waals surface area contributed by atoms with E-state index in [-0.39, 0.29) is 10.8 Å². The molecule has 0 radical (unpaired) electrons. The van der Waals surface area contributed by atoms with Gasteiger partial charge in [-0.15, -0.1) is 0 Å². The smallest absolute Gasteiger partial charge is 0.172 e. The van der Waals surface area contributed by atoms with Crippen molar-refractivity contribution in [1.29, 1.82) is 0 Å². The van der Waals surface area contributed by atoms with Gasteiger partial charge < -0.3 is 9.47 Å². The fourth-order valence-electron chi connectivity index (χ4n) is 5.85. The van der Waals surface area contributed by atoms with Gasteiger partial charge in [-0.3, -0.25) is 4.79 Å². The van der Waals surface area contributed by atoms with E-state index in [1.807, 2.05) is 0 Å². The third kappa shape index (κ3) is 1.85. The molecule has 1 spiro atoms. The zero-order valence-corrected chi connectivity index (χ0v) is 14.1. The first kappa shape index (κ1) is 14.9. The highest BCUT2D eigenvalue weighted by Crippen LogP contribution is 2.66. The number of hydrogen-bond donors (Lipinski definition) is 0. The van der Waals surface area contributed by atoms with Crippen LogP contribution in [0, 0.1) is 22.7 Å². The minimum atomic E-state index is -0.403. The van der Waals surface area contributed by atoms with E-state index >= 15 is 0 Å². The Hall–Kier alpha value is -0.670. The zero-order valence-electron chi connectivity index (χ0n) is 14.1. The number of hydrogen-bond acceptors (Lipinski definition) is 3. The first-order chi connectivity index (χ1) is 10.4. The zero-order chi connectivity index (χ0) is 15.6. The molecule has 3 heteroatoms. The minimum absolute atomic E-state index is 0.0594. The predicted molar refractivity (Wildman–Crippen MR) is 84.3 cm³/mol. The van der Waals surface area contributed by atoms with E-state index in [9.17, 15) is 4.79 Å². The summed E-state index contributed by atoms with van der Waals surface area (Å²) in [6.45, 7) is 8.13. The molecule has 4 aliphatic rings. The number of Topliss-reactive ketones (excluding diaryl/α,β-unsaturated/α-hetero) is 1. The van der Waals surface area contributed by atoms with Crippen LogP contribution in [0.15, 0.2) is 11.6 Å². The lowest BCUT2D eigenvalue weighted by Crippen LogP contribution is -2.56. The molecule has 1 saturated heterocycles. The molecule has 0 N–H and O–H groups in total. The first-order valence-corrected chi connectivity index (χ1v) is 8.87. The average Bonchev–Trinajstić information content (AvgIpc) is 3.01. The number of carbonyl (C=O) groups is 1. The SMILES string of the molecule is CC1=CC[C@]2(C)C(=O)C[C@]3(C)CCC4(OCCO4)[C@@H]3[C@H]2CC1. The molecule has 1 heterocycles. The van der Waals surface area contributed by atoms with Gasteiger partial charge in [0.2, 0.25) is 0 Å². The van der Waals surface area contributed by atoms with Crippen molar-refractivity contribution in [3.8, 4) is 0 Å². The molecule has 4 atom stereocenters. The highest BCUT2D eigenvalue weighted by atomic mass is 16.7. The third-order valence-corrected chi connectivity index (χ3v) is 7.19. The molecule has 0 aromatic carbocycles. The van der Waals surface area contributed by atoms with E-state index in [1.54, 1.807) is 0 Å². The van der Waals surface area contributed by atoms with E-state index in [0.29, 0.717) is 37.3 Å². The molecule has 1 aliphatic heterocycles. The monoisotopic (exact) mass is 304 g/mol. The van der Waals surface area contributed by atoms with Gasteiger partial charge in [-0.25, -0.2) is 0 Å². The molecule has 3 aliphatic carbocycles. The molecular weight excluding hydrogens is 276 g/mol. The molecule has 3 nitrogen and oxygen atoms in total. The Morgan fingerprint density at radius 1 is 1.18 bits per heavy atom.